The van der Waals surface area contributed by atoms with Crippen molar-refractivity contribution in [1.29, 1.82) is 0 Å². The normalized spacial score (nSPS) is 17.7. The number of ether oxygens (including phenoxy) is 2. The second kappa shape index (κ2) is 11.4. The monoisotopic (exact) mass is 454 g/mol. The van der Waals surface area contributed by atoms with E-state index in [0.717, 1.165) is 56.6 Å². The smallest absolute Gasteiger partial charge is 0.254 e. The highest BCUT2D eigenvalue weighted by atomic mass is 16.5. The average molecular weight is 455 g/mol. The van der Waals surface area contributed by atoms with Crippen LogP contribution in [0.3, 0.4) is 0 Å². The van der Waals surface area contributed by atoms with Gasteiger partial charge in [-0.05, 0) is 68.5 Å². The fourth-order valence-electron chi connectivity index (χ4n) is 4.07. The topological polar surface area (TPSA) is 72.2 Å². The minimum atomic E-state index is -0.110. The van der Waals surface area contributed by atoms with E-state index >= 15 is 0 Å². The number of furan rings is 1. The lowest BCUT2D eigenvalue weighted by Crippen LogP contribution is -2.45. The van der Waals surface area contributed by atoms with Crippen LogP contribution in [0.4, 0.5) is 0 Å². The van der Waals surface area contributed by atoms with Crippen molar-refractivity contribution in [3.8, 4) is 5.75 Å². The number of hydrogen-bond donors (Lipinski definition) is 0. The molecule has 2 aromatic rings. The van der Waals surface area contributed by atoms with Crippen molar-refractivity contribution in [2.75, 3.05) is 26.3 Å². The zero-order valence-corrected chi connectivity index (χ0v) is 19.4. The number of carbonyl (C=O) groups excluding carboxylic acids is 2. The molecular formula is C26H34N2O5. The molecule has 0 spiro atoms. The molecule has 1 unspecified atom stereocenters. The molecule has 1 saturated heterocycles. The summed E-state index contributed by atoms with van der Waals surface area (Å²) in [7, 11) is 0. The van der Waals surface area contributed by atoms with Crippen molar-refractivity contribution in [2.24, 2.45) is 0 Å². The van der Waals surface area contributed by atoms with Crippen LogP contribution in [0, 0.1) is 0 Å². The van der Waals surface area contributed by atoms with Gasteiger partial charge in [-0.3, -0.25) is 9.59 Å². The Morgan fingerprint density at radius 1 is 1.12 bits per heavy atom. The first-order chi connectivity index (χ1) is 16.1. The fourth-order valence-corrected chi connectivity index (χ4v) is 4.07. The van der Waals surface area contributed by atoms with Crippen LogP contribution in [0.25, 0.3) is 0 Å². The van der Waals surface area contributed by atoms with Gasteiger partial charge in [0.15, 0.2) is 0 Å². The van der Waals surface area contributed by atoms with E-state index in [-0.39, 0.29) is 30.5 Å². The standard InChI is InChI=1S/C26H34N2O5/c1-2-3-14-31-22-12-8-20(9-13-22)26(30)28(21-10-11-21)19-25(29)27(17-23-6-4-15-32-23)18-24-7-5-16-33-24/h4,6,8-9,12-13,15,21,24H,2-3,5,7,10-11,14,16-19H2,1H3. The Balaban J connectivity index is 1.41. The summed E-state index contributed by atoms with van der Waals surface area (Å²) in [5.74, 6) is 1.29. The van der Waals surface area contributed by atoms with Crippen molar-refractivity contribution in [3.05, 3.63) is 54.0 Å². The highest BCUT2D eigenvalue weighted by Crippen LogP contribution is 2.29. The molecule has 1 aliphatic heterocycles. The largest absolute Gasteiger partial charge is 0.494 e. The minimum Gasteiger partial charge on any atom is -0.494 e. The number of nitrogens with zero attached hydrogens (tertiary/aromatic N) is 2. The second-order valence-corrected chi connectivity index (χ2v) is 8.88. The first-order valence-corrected chi connectivity index (χ1v) is 12.1. The van der Waals surface area contributed by atoms with Gasteiger partial charge in [0.1, 0.15) is 18.1 Å². The third-order valence-electron chi connectivity index (χ3n) is 6.15. The van der Waals surface area contributed by atoms with Crippen molar-refractivity contribution >= 4 is 11.8 Å². The molecule has 1 saturated carbocycles. The molecule has 33 heavy (non-hydrogen) atoms. The summed E-state index contributed by atoms with van der Waals surface area (Å²) in [6.07, 6.45) is 7.54. The molecule has 1 aromatic heterocycles. The van der Waals surface area contributed by atoms with Crippen molar-refractivity contribution in [3.63, 3.8) is 0 Å². The maximum atomic E-state index is 13.4. The van der Waals surface area contributed by atoms with Crippen LogP contribution < -0.4 is 4.74 Å². The lowest BCUT2D eigenvalue weighted by Gasteiger charge is -2.29. The lowest BCUT2D eigenvalue weighted by atomic mass is 10.1. The summed E-state index contributed by atoms with van der Waals surface area (Å²) >= 11 is 0. The summed E-state index contributed by atoms with van der Waals surface area (Å²) < 4.78 is 16.9. The molecule has 1 atom stereocenters. The van der Waals surface area contributed by atoms with Gasteiger partial charge < -0.3 is 23.7 Å². The second-order valence-electron chi connectivity index (χ2n) is 8.88. The van der Waals surface area contributed by atoms with Gasteiger partial charge in [-0.1, -0.05) is 13.3 Å². The Morgan fingerprint density at radius 3 is 2.58 bits per heavy atom. The molecule has 4 rings (SSSR count). The molecule has 1 aromatic carbocycles. The van der Waals surface area contributed by atoms with E-state index in [1.54, 1.807) is 28.2 Å². The van der Waals surface area contributed by atoms with Crippen LogP contribution >= 0.6 is 0 Å². The van der Waals surface area contributed by atoms with Gasteiger partial charge in [-0.25, -0.2) is 0 Å². The summed E-state index contributed by atoms with van der Waals surface area (Å²) in [6, 6.07) is 11.0. The number of hydrogen-bond acceptors (Lipinski definition) is 5. The van der Waals surface area contributed by atoms with Gasteiger partial charge in [-0.15, -0.1) is 0 Å². The van der Waals surface area contributed by atoms with Gasteiger partial charge in [0, 0.05) is 24.8 Å². The molecule has 2 fully saturated rings. The molecule has 1 aliphatic carbocycles. The molecule has 7 heteroatoms. The van der Waals surface area contributed by atoms with Crippen molar-refractivity contribution in [1.82, 2.24) is 9.80 Å². The van der Waals surface area contributed by atoms with Crippen LogP contribution in [0.15, 0.2) is 47.1 Å². The quantitative estimate of drug-likeness (QED) is 0.448. The highest BCUT2D eigenvalue weighted by molar-refractivity contribution is 5.97. The molecular weight excluding hydrogens is 420 g/mol. The van der Waals surface area contributed by atoms with Crippen LogP contribution in [0.5, 0.6) is 5.75 Å². The zero-order chi connectivity index (χ0) is 23.0. The van der Waals surface area contributed by atoms with Crippen molar-refractivity contribution < 1.29 is 23.5 Å². The third kappa shape index (κ3) is 6.60. The Hall–Kier alpha value is -2.80. The number of unbranched alkanes of at least 4 members (excludes halogenated alkanes) is 1. The van der Waals surface area contributed by atoms with Gasteiger partial charge >= 0.3 is 0 Å². The number of amides is 2. The summed E-state index contributed by atoms with van der Waals surface area (Å²) in [5.41, 5.74) is 0.578. The Kier molecular flexibility index (Phi) is 8.05. The molecule has 2 aliphatic rings. The van der Waals surface area contributed by atoms with Crippen LogP contribution in [-0.4, -0.2) is 60.1 Å². The third-order valence-corrected chi connectivity index (χ3v) is 6.15. The Bertz CT molecular complexity index is 886. The summed E-state index contributed by atoms with van der Waals surface area (Å²) in [4.78, 5) is 30.1. The SMILES string of the molecule is CCCCOc1ccc(C(=O)N(CC(=O)N(Cc2ccco2)CC2CCCO2)C2CC2)cc1. The molecule has 0 radical (unpaired) electrons. The number of benzene rings is 1. The van der Waals surface area contributed by atoms with E-state index in [0.29, 0.717) is 25.3 Å². The van der Waals surface area contributed by atoms with E-state index in [9.17, 15) is 9.59 Å². The summed E-state index contributed by atoms with van der Waals surface area (Å²) in [6.45, 7) is 4.47. The lowest BCUT2D eigenvalue weighted by molar-refractivity contribution is -0.134. The molecule has 7 nitrogen and oxygen atoms in total. The Morgan fingerprint density at radius 2 is 1.94 bits per heavy atom. The molecule has 2 heterocycles. The first-order valence-electron chi connectivity index (χ1n) is 12.1. The number of rotatable bonds is 12. The number of carbonyl (C=O) groups is 2. The van der Waals surface area contributed by atoms with Crippen LogP contribution in [-0.2, 0) is 16.1 Å². The molecule has 0 bridgehead atoms. The van der Waals surface area contributed by atoms with Crippen LogP contribution in [0.2, 0.25) is 0 Å². The Labute approximate surface area is 195 Å². The van der Waals surface area contributed by atoms with Gasteiger partial charge in [-0.2, -0.15) is 0 Å². The predicted octanol–water partition coefficient (Wildman–Crippen LogP) is 4.27. The van der Waals surface area contributed by atoms with E-state index in [1.165, 1.54) is 0 Å². The fraction of sp³-hybridized carbons (Fsp3) is 0.538. The highest BCUT2D eigenvalue weighted by Gasteiger charge is 2.36. The van der Waals surface area contributed by atoms with Crippen molar-refractivity contribution in [2.45, 2.75) is 64.1 Å². The first kappa shape index (κ1) is 23.4. The predicted molar refractivity (Wildman–Crippen MR) is 124 cm³/mol. The minimum absolute atomic E-state index is 0.0363. The maximum absolute atomic E-state index is 13.4. The van der Waals surface area contributed by atoms with Gasteiger partial charge in [0.05, 0.1) is 25.5 Å². The molecule has 178 valence electrons. The summed E-state index contributed by atoms with van der Waals surface area (Å²) in [5, 5.41) is 0. The van der Waals surface area contributed by atoms with E-state index < -0.39 is 0 Å². The van der Waals surface area contributed by atoms with E-state index in [1.807, 2.05) is 24.3 Å². The van der Waals surface area contributed by atoms with E-state index in [4.69, 9.17) is 13.9 Å². The molecule has 2 amide bonds. The van der Waals surface area contributed by atoms with Gasteiger partial charge in [0.2, 0.25) is 5.91 Å². The maximum Gasteiger partial charge on any atom is 0.254 e. The molecule has 0 N–H and O–H groups in total. The van der Waals surface area contributed by atoms with E-state index in [2.05, 4.69) is 6.92 Å². The average Bonchev–Trinajstić information content (AvgIpc) is 3.29. The zero-order valence-electron chi connectivity index (χ0n) is 19.4. The van der Waals surface area contributed by atoms with Gasteiger partial charge in [0.25, 0.3) is 5.91 Å². The van der Waals surface area contributed by atoms with Crippen LogP contribution in [0.1, 0.15) is 61.6 Å².